The van der Waals surface area contributed by atoms with E-state index in [1.54, 1.807) is 10.9 Å². The van der Waals surface area contributed by atoms with Crippen LogP contribution in [0, 0.1) is 0 Å². The molecule has 7 heteroatoms. The number of hydrogen-bond acceptors (Lipinski definition) is 4. The first-order valence-corrected chi connectivity index (χ1v) is 6.77. The van der Waals surface area contributed by atoms with E-state index in [4.69, 9.17) is 4.74 Å². The minimum Gasteiger partial charge on any atom is -0.394 e. The van der Waals surface area contributed by atoms with Crippen molar-refractivity contribution in [2.45, 2.75) is 31.7 Å². The highest BCUT2D eigenvalue weighted by atomic mass is 16.5. The maximum absolute atomic E-state index is 12.1. The lowest BCUT2D eigenvalue weighted by atomic mass is 10.0. The average molecular weight is 282 g/mol. The van der Waals surface area contributed by atoms with E-state index in [1.807, 2.05) is 20.9 Å². The molecule has 3 N–H and O–H groups in total. The van der Waals surface area contributed by atoms with E-state index >= 15 is 0 Å². The Morgan fingerprint density at radius 3 is 2.95 bits per heavy atom. The average Bonchev–Trinajstić information content (AvgIpc) is 2.97. The molecule has 1 unspecified atom stereocenters. The SMILES string of the molecule is CC(C)c1nn(C)cc1NC(=O)NC1(CO)CCOC1. The van der Waals surface area contributed by atoms with Crippen LogP contribution >= 0.6 is 0 Å². The molecule has 1 saturated heterocycles. The quantitative estimate of drug-likeness (QED) is 0.762. The summed E-state index contributed by atoms with van der Waals surface area (Å²) in [4.78, 5) is 12.1. The van der Waals surface area contributed by atoms with Crippen molar-refractivity contribution in [1.29, 1.82) is 0 Å². The van der Waals surface area contributed by atoms with Gasteiger partial charge in [0.1, 0.15) is 0 Å². The molecule has 2 heterocycles. The van der Waals surface area contributed by atoms with Gasteiger partial charge in [0.05, 0.1) is 30.1 Å². The van der Waals surface area contributed by atoms with Crippen molar-refractivity contribution in [2.24, 2.45) is 7.05 Å². The molecule has 0 aromatic carbocycles. The second-order valence-electron chi connectivity index (χ2n) is 5.58. The van der Waals surface area contributed by atoms with Crippen LogP contribution in [-0.2, 0) is 11.8 Å². The Morgan fingerprint density at radius 2 is 2.40 bits per heavy atom. The molecule has 1 fully saturated rings. The van der Waals surface area contributed by atoms with Crippen molar-refractivity contribution < 1.29 is 14.6 Å². The van der Waals surface area contributed by atoms with E-state index in [0.29, 0.717) is 25.3 Å². The van der Waals surface area contributed by atoms with E-state index in [1.165, 1.54) is 0 Å². The van der Waals surface area contributed by atoms with E-state index in [2.05, 4.69) is 15.7 Å². The maximum Gasteiger partial charge on any atom is 0.319 e. The number of aromatic nitrogens is 2. The van der Waals surface area contributed by atoms with Gasteiger partial charge in [0.15, 0.2) is 0 Å². The van der Waals surface area contributed by atoms with Gasteiger partial charge in [-0.25, -0.2) is 4.79 Å². The van der Waals surface area contributed by atoms with Crippen LogP contribution in [0.15, 0.2) is 6.20 Å². The summed E-state index contributed by atoms with van der Waals surface area (Å²) in [5.74, 6) is 0.216. The largest absolute Gasteiger partial charge is 0.394 e. The van der Waals surface area contributed by atoms with Crippen LogP contribution in [0.4, 0.5) is 10.5 Å². The number of aryl methyl sites for hydroxylation is 1. The Kier molecular flexibility index (Phi) is 4.29. The summed E-state index contributed by atoms with van der Waals surface area (Å²) < 4.78 is 6.92. The summed E-state index contributed by atoms with van der Waals surface area (Å²) in [7, 11) is 1.81. The highest BCUT2D eigenvalue weighted by Gasteiger charge is 2.36. The van der Waals surface area contributed by atoms with Crippen molar-refractivity contribution in [1.82, 2.24) is 15.1 Å². The molecule has 112 valence electrons. The molecular weight excluding hydrogens is 260 g/mol. The van der Waals surface area contributed by atoms with Crippen LogP contribution in [0.25, 0.3) is 0 Å². The molecule has 2 rings (SSSR count). The summed E-state index contributed by atoms with van der Waals surface area (Å²) in [5, 5.41) is 19.4. The van der Waals surface area contributed by atoms with Gasteiger partial charge in [0.2, 0.25) is 0 Å². The standard InChI is InChI=1S/C13H22N4O3/c1-9(2)11-10(6-17(3)16-11)14-12(19)15-13(7-18)4-5-20-8-13/h6,9,18H,4-5,7-8H2,1-3H3,(H2,14,15,19). The van der Waals surface area contributed by atoms with Gasteiger partial charge >= 0.3 is 6.03 Å². The minimum atomic E-state index is -0.676. The third-order valence-electron chi connectivity index (χ3n) is 3.44. The van der Waals surface area contributed by atoms with Gasteiger partial charge < -0.3 is 20.5 Å². The highest BCUT2D eigenvalue weighted by molar-refractivity contribution is 5.90. The Bertz CT molecular complexity index is 478. The topological polar surface area (TPSA) is 88.4 Å². The number of anilines is 1. The molecule has 0 saturated carbocycles. The smallest absolute Gasteiger partial charge is 0.319 e. The minimum absolute atomic E-state index is 0.134. The fourth-order valence-electron chi connectivity index (χ4n) is 2.29. The number of amides is 2. The Labute approximate surface area is 118 Å². The summed E-state index contributed by atoms with van der Waals surface area (Å²) in [6.45, 7) is 4.79. The molecule has 0 spiro atoms. The van der Waals surface area contributed by atoms with Crippen molar-refractivity contribution in [3.63, 3.8) is 0 Å². The summed E-state index contributed by atoms with van der Waals surface area (Å²) in [6, 6.07) is -0.348. The first kappa shape index (κ1) is 14.8. The van der Waals surface area contributed by atoms with Crippen molar-refractivity contribution in [2.75, 3.05) is 25.1 Å². The number of ether oxygens (including phenoxy) is 1. The second kappa shape index (κ2) is 5.80. The molecule has 0 bridgehead atoms. The van der Waals surface area contributed by atoms with E-state index in [9.17, 15) is 9.90 Å². The molecule has 20 heavy (non-hydrogen) atoms. The predicted molar refractivity (Wildman–Crippen MR) is 74.7 cm³/mol. The van der Waals surface area contributed by atoms with Crippen LogP contribution in [0.3, 0.4) is 0 Å². The lowest BCUT2D eigenvalue weighted by Gasteiger charge is -2.26. The van der Waals surface area contributed by atoms with Gasteiger partial charge in [0.25, 0.3) is 0 Å². The molecule has 2 amide bonds. The third kappa shape index (κ3) is 3.10. The number of rotatable bonds is 4. The van der Waals surface area contributed by atoms with E-state index < -0.39 is 5.54 Å². The van der Waals surface area contributed by atoms with Crippen LogP contribution in [0.2, 0.25) is 0 Å². The lowest BCUT2D eigenvalue weighted by Crippen LogP contribution is -2.53. The van der Waals surface area contributed by atoms with Gasteiger partial charge in [-0.1, -0.05) is 13.8 Å². The fourth-order valence-corrected chi connectivity index (χ4v) is 2.29. The van der Waals surface area contributed by atoms with Crippen molar-refractivity contribution >= 4 is 11.7 Å². The number of carbonyl (C=O) groups is 1. The van der Waals surface area contributed by atoms with E-state index in [0.717, 1.165) is 5.69 Å². The molecule has 0 radical (unpaired) electrons. The predicted octanol–water partition coefficient (Wildman–Crippen LogP) is 0.816. The molecule has 0 aliphatic carbocycles. The van der Waals surface area contributed by atoms with Gasteiger partial charge in [-0.05, 0) is 12.3 Å². The fraction of sp³-hybridized carbons (Fsp3) is 0.692. The number of aliphatic hydroxyl groups excluding tert-OH is 1. The van der Waals surface area contributed by atoms with Gasteiger partial charge in [-0.3, -0.25) is 4.68 Å². The summed E-state index contributed by atoms with van der Waals surface area (Å²) >= 11 is 0. The van der Waals surface area contributed by atoms with Crippen LogP contribution in [0.1, 0.15) is 31.9 Å². The number of nitrogens with one attached hydrogen (secondary N) is 2. The Balaban J connectivity index is 2.04. The molecule has 1 aliphatic rings. The monoisotopic (exact) mass is 282 g/mol. The number of carbonyl (C=O) groups excluding carboxylic acids is 1. The number of urea groups is 1. The first-order valence-electron chi connectivity index (χ1n) is 6.77. The van der Waals surface area contributed by atoms with E-state index in [-0.39, 0.29) is 18.6 Å². The van der Waals surface area contributed by atoms with Gasteiger partial charge in [-0.15, -0.1) is 0 Å². The molecule has 1 aromatic heterocycles. The normalized spacial score (nSPS) is 22.2. The molecule has 7 nitrogen and oxygen atoms in total. The number of aliphatic hydroxyl groups is 1. The van der Waals surface area contributed by atoms with Crippen LogP contribution in [-0.4, -0.2) is 46.3 Å². The van der Waals surface area contributed by atoms with Crippen LogP contribution < -0.4 is 10.6 Å². The molecule has 1 aromatic rings. The zero-order valence-corrected chi connectivity index (χ0v) is 12.1. The Morgan fingerprint density at radius 1 is 1.65 bits per heavy atom. The zero-order chi connectivity index (χ0) is 14.8. The second-order valence-corrected chi connectivity index (χ2v) is 5.58. The van der Waals surface area contributed by atoms with Crippen LogP contribution in [0.5, 0.6) is 0 Å². The van der Waals surface area contributed by atoms with Crippen molar-refractivity contribution in [3.8, 4) is 0 Å². The van der Waals surface area contributed by atoms with Gasteiger partial charge in [0, 0.05) is 19.9 Å². The highest BCUT2D eigenvalue weighted by Crippen LogP contribution is 2.23. The molecule has 1 aliphatic heterocycles. The van der Waals surface area contributed by atoms with Crippen molar-refractivity contribution in [3.05, 3.63) is 11.9 Å². The third-order valence-corrected chi connectivity index (χ3v) is 3.44. The number of nitrogens with zero attached hydrogens (tertiary/aromatic N) is 2. The summed E-state index contributed by atoms with van der Waals surface area (Å²) in [5.41, 5.74) is 0.847. The first-order chi connectivity index (χ1) is 9.46. The summed E-state index contributed by atoms with van der Waals surface area (Å²) in [6.07, 6.45) is 2.38. The Hall–Kier alpha value is -1.60. The lowest BCUT2D eigenvalue weighted by molar-refractivity contribution is 0.126. The molecule has 1 atom stereocenters. The molecular formula is C13H22N4O3. The maximum atomic E-state index is 12.1. The zero-order valence-electron chi connectivity index (χ0n) is 12.1. The van der Waals surface area contributed by atoms with Gasteiger partial charge in [-0.2, -0.15) is 5.10 Å². The number of hydrogen-bond donors (Lipinski definition) is 3.